The van der Waals surface area contributed by atoms with E-state index in [1.807, 2.05) is 6.92 Å². The second-order valence-electron chi connectivity index (χ2n) is 10.5. The van der Waals surface area contributed by atoms with Crippen LogP contribution >= 0.6 is 11.6 Å². The largest absolute Gasteiger partial charge is 0.416 e. The summed E-state index contributed by atoms with van der Waals surface area (Å²) < 4.78 is 83.6. The summed E-state index contributed by atoms with van der Waals surface area (Å²) in [5.41, 5.74) is -2.56. The third-order valence-electron chi connectivity index (χ3n) is 7.28. The van der Waals surface area contributed by atoms with Crippen molar-refractivity contribution in [3.05, 3.63) is 140 Å². The van der Waals surface area contributed by atoms with Gasteiger partial charge in [0.15, 0.2) is 0 Å². The fourth-order valence-corrected chi connectivity index (χ4v) is 5.11. The van der Waals surface area contributed by atoms with E-state index in [0.717, 1.165) is 10.5 Å². The number of nitrogens with zero attached hydrogens (tertiary/aromatic N) is 3. The molecule has 0 aliphatic heterocycles. The summed E-state index contributed by atoms with van der Waals surface area (Å²) in [4.78, 5) is 33.7. The molecule has 0 saturated heterocycles. The summed E-state index contributed by atoms with van der Waals surface area (Å²) in [6.07, 6.45) is -10.3. The summed E-state index contributed by atoms with van der Waals surface area (Å²) in [5.74, 6) is -1.11. The smallest absolute Gasteiger partial charge is 0.324 e. The number of rotatable bonds is 6. The zero-order valence-corrected chi connectivity index (χ0v) is 24.5. The van der Waals surface area contributed by atoms with E-state index in [4.69, 9.17) is 11.6 Å². The molecule has 1 atom stereocenters. The monoisotopic (exact) mass is 643 g/mol. The zero-order valence-electron chi connectivity index (χ0n) is 23.7. The van der Waals surface area contributed by atoms with E-state index < -0.39 is 46.6 Å². The molecule has 1 unspecified atom stereocenters. The lowest BCUT2D eigenvalue weighted by atomic mass is 10.0. The van der Waals surface area contributed by atoms with Crippen molar-refractivity contribution in [1.82, 2.24) is 14.5 Å². The average molecular weight is 644 g/mol. The van der Waals surface area contributed by atoms with Gasteiger partial charge in [-0.3, -0.25) is 14.2 Å². The van der Waals surface area contributed by atoms with Gasteiger partial charge in [0.1, 0.15) is 5.82 Å². The molecule has 5 rings (SSSR count). The first-order valence-electron chi connectivity index (χ1n) is 13.6. The van der Waals surface area contributed by atoms with Gasteiger partial charge in [-0.05, 0) is 67.9 Å². The first-order valence-corrected chi connectivity index (χ1v) is 13.9. The van der Waals surface area contributed by atoms with Crippen LogP contribution in [0.15, 0.2) is 95.8 Å². The Kier molecular flexibility index (Phi) is 8.50. The summed E-state index contributed by atoms with van der Waals surface area (Å²) in [6, 6.07) is 19.3. The lowest BCUT2D eigenvalue weighted by Gasteiger charge is -2.31. The van der Waals surface area contributed by atoms with Gasteiger partial charge in [0.05, 0.1) is 33.8 Å². The maximum absolute atomic E-state index is 14.1. The van der Waals surface area contributed by atoms with Gasteiger partial charge >= 0.3 is 12.4 Å². The number of halogens is 7. The first-order chi connectivity index (χ1) is 21.1. The number of benzene rings is 4. The third kappa shape index (κ3) is 6.73. The standard InChI is InChI=1S/C33H24ClF6N3O2/c1-19-8-11-26(12-9-19)43-29(41-28-17-25(34)10-13-27(28)31(43)45)20(2)42(18-21-6-4-3-5-7-21)30(44)22-14-23(32(35,36)37)16-24(15-22)33(38,39)40/h3-17,20H,18H2,1-2H3. The molecular weight excluding hydrogens is 620 g/mol. The Morgan fingerprint density at radius 3 is 2.04 bits per heavy atom. The van der Waals surface area contributed by atoms with Crippen LogP contribution in [0.5, 0.6) is 0 Å². The number of amides is 1. The van der Waals surface area contributed by atoms with Gasteiger partial charge in [0.25, 0.3) is 11.5 Å². The normalized spacial score (nSPS) is 12.7. The van der Waals surface area contributed by atoms with Crippen LogP contribution < -0.4 is 5.56 Å². The van der Waals surface area contributed by atoms with Gasteiger partial charge in [0.2, 0.25) is 0 Å². The van der Waals surface area contributed by atoms with E-state index in [-0.39, 0.29) is 34.4 Å². The highest BCUT2D eigenvalue weighted by Crippen LogP contribution is 2.37. The molecule has 5 aromatic rings. The fraction of sp³-hybridized carbons (Fsp3) is 0.182. The molecule has 5 nitrogen and oxygen atoms in total. The highest BCUT2D eigenvalue weighted by molar-refractivity contribution is 6.31. The molecule has 0 saturated carbocycles. The van der Waals surface area contributed by atoms with Crippen LogP contribution in [0.2, 0.25) is 5.02 Å². The minimum Gasteiger partial charge on any atom is -0.324 e. The van der Waals surface area contributed by atoms with Crippen molar-refractivity contribution in [3.63, 3.8) is 0 Å². The Labute approximate surface area is 258 Å². The van der Waals surface area contributed by atoms with Gasteiger partial charge < -0.3 is 4.90 Å². The molecule has 0 radical (unpaired) electrons. The molecule has 1 aromatic heterocycles. The molecule has 0 N–H and O–H groups in total. The molecule has 0 fully saturated rings. The predicted octanol–water partition coefficient (Wildman–Crippen LogP) is 8.79. The van der Waals surface area contributed by atoms with Gasteiger partial charge in [-0.1, -0.05) is 59.6 Å². The molecule has 0 bridgehead atoms. The van der Waals surface area contributed by atoms with Crippen LogP contribution in [0.1, 0.15) is 51.4 Å². The molecule has 0 spiro atoms. The highest BCUT2D eigenvalue weighted by Gasteiger charge is 2.38. The molecule has 0 aliphatic carbocycles. The van der Waals surface area contributed by atoms with Crippen molar-refractivity contribution >= 4 is 28.4 Å². The number of fused-ring (bicyclic) bond motifs is 1. The number of aromatic nitrogens is 2. The molecule has 12 heteroatoms. The van der Waals surface area contributed by atoms with E-state index in [1.54, 1.807) is 54.6 Å². The minimum absolute atomic E-state index is 0.0194. The van der Waals surface area contributed by atoms with Crippen LogP contribution in [0.25, 0.3) is 16.6 Å². The molecule has 1 amide bonds. The Bertz CT molecular complexity index is 1910. The van der Waals surface area contributed by atoms with Crippen LogP contribution in [-0.4, -0.2) is 20.4 Å². The lowest BCUT2D eigenvalue weighted by molar-refractivity contribution is -0.143. The Morgan fingerprint density at radius 2 is 1.47 bits per heavy atom. The fourth-order valence-electron chi connectivity index (χ4n) is 4.95. The number of aryl methyl sites for hydroxylation is 1. The topological polar surface area (TPSA) is 55.2 Å². The van der Waals surface area contributed by atoms with Crippen molar-refractivity contribution in [2.75, 3.05) is 0 Å². The van der Waals surface area contributed by atoms with E-state index in [2.05, 4.69) is 4.98 Å². The molecule has 4 aromatic carbocycles. The van der Waals surface area contributed by atoms with Gasteiger partial charge in [-0.25, -0.2) is 4.98 Å². The number of carbonyl (C=O) groups excluding carboxylic acids is 1. The van der Waals surface area contributed by atoms with E-state index >= 15 is 0 Å². The van der Waals surface area contributed by atoms with Crippen molar-refractivity contribution in [2.24, 2.45) is 0 Å². The highest BCUT2D eigenvalue weighted by atomic mass is 35.5. The van der Waals surface area contributed by atoms with Gasteiger partial charge in [0, 0.05) is 17.1 Å². The molecule has 0 aliphatic rings. The van der Waals surface area contributed by atoms with Crippen molar-refractivity contribution < 1.29 is 31.1 Å². The molecular formula is C33H24ClF6N3O2. The minimum atomic E-state index is -5.16. The Balaban J connectivity index is 1.74. The van der Waals surface area contributed by atoms with Crippen LogP contribution in [0.3, 0.4) is 0 Å². The molecule has 1 heterocycles. The maximum Gasteiger partial charge on any atom is 0.416 e. The zero-order chi connectivity index (χ0) is 32.7. The maximum atomic E-state index is 14.1. The number of carbonyl (C=O) groups is 1. The number of hydrogen-bond acceptors (Lipinski definition) is 3. The van der Waals surface area contributed by atoms with Gasteiger partial charge in [-0.15, -0.1) is 0 Å². The second-order valence-corrected chi connectivity index (χ2v) is 10.9. The number of alkyl halides is 6. The van der Waals surface area contributed by atoms with Crippen molar-refractivity contribution in [2.45, 2.75) is 38.8 Å². The average Bonchev–Trinajstić information content (AvgIpc) is 2.99. The lowest BCUT2D eigenvalue weighted by Crippen LogP contribution is -2.37. The van der Waals surface area contributed by atoms with E-state index in [1.165, 1.54) is 29.7 Å². The quantitative estimate of drug-likeness (QED) is 0.174. The van der Waals surface area contributed by atoms with E-state index in [9.17, 15) is 35.9 Å². The number of hydrogen-bond donors (Lipinski definition) is 0. The first kappa shape index (κ1) is 31.8. The summed E-state index contributed by atoms with van der Waals surface area (Å²) in [7, 11) is 0. The molecule has 232 valence electrons. The summed E-state index contributed by atoms with van der Waals surface area (Å²) in [6.45, 7) is 3.12. The Hall–Kier alpha value is -4.64. The summed E-state index contributed by atoms with van der Waals surface area (Å²) in [5, 5.41) is 0.492. The van der Waals surface area contributed by atoms with Crippen LogP contribution in [0.4, 0.5) is 26.3 Å². The Morgan fingerprint density at radius 1 is 0.867 bits per heavy atom. The van der Waals surface area contributed by atoms with Crippen molar-refractivity contribution in [3.8, 4) is 5.69 Å². The third-order valence-corrected chi connectivity index (χ3v) is 7.52. The van der Waals surface area contributed by atoms with Gasteiger partial charge in [-0.2, -0.15) is 26.3 Å². The second kappa shape index (κ2) is 12.0. The van der Waals surface area contributed by atoms with Crippen LogP contribution in [0, 0.1) is 6.92 Å². The van der Waals surface area contributed by atoms with Crippen LogP contribution in [-0.2, 0) is 18.9 Å². The van der Waals surface area contributed by atoms with Crippen molar-refractivity contribution in [1.29, 1.82) is 0 Å². The summed E-state index contributed by atoms with van der Waals surface area (Å²) >= 11 is 6.18. The SMILES string of the molecule is Cc1ccc(-n2c(C(C)N(Cc3ccccc3)C(=O)c3cc(C(F)(F)F)cc(C(F)(F)F)c3)nc3cc(Cl)ccc3c2=O)cc1. The predicted molar refractivity (Wildman–Crippen MR) is 158 cm³/mol. The van der Waals surface area contributed by atoms with E-state index in [0.29, 0.717) is 23.4 Å². The molecule has 45 heavy (non-hydrogen) atoms.